The highest BCUT2D eigenvalue weighted by Gasteiger charge is 2.24. The summed E-state index contributed by atoms with van der Waals surface area (Å²) in [6.07, 6.45) is 3.35. The van der Waals surface area contributed by atoms with Crippen molar-refractivity contribution in [3.8, 4) is 0 Å². The fraction of sp³-hybridized carbons (Fsp3) is 0.619. The highest BCUT2D eigenvalue weighted by atomic mass is 35.5. The van der Waals surface area contributed by atoms with Crippen molar-refractivity contribution in [2.75, 3.05) is 50.7 Å². The van der Waals surface area contributed by atoms with Gasteiger partial charge < -0.3 is 20.4 Å². The lowest BCUT2D eigenvalue weighted by Crippen LogP contribution is -2.41. The molecular formula is C21H32ClN5O. The summed E-state index contributed by atoms with van der Waals surface area (Å²) in [6.45, 7) is 9.80. The van der Waals surface area contributed by atoms with Crippen LogP contribution < -0.4 is 15.5 Å². The van der Waals surface area contributed by atoms with E-state index in [9.17, 15) is 4.79 Å². The van der Waals surface area contributed by atoms with Gasteiger partial charge in [-0.05, 0) is 56.7 Å². The van der Waals surface area contributed by atoms with Gasteiger partial charge in [0.1, 0.15) is 6.54 Å². The number of amides is 1. The van der Waals surface area contributed by atoms with Crippen LogP contribution in [-0.4, -0.2) is 62.6 Å². The van der Waals surface area contributed by atoms with E-state index in [1.807, 2.05) is 17.9 Å². The number of nitrogens with zero attached hydrogens (tertiary/aromatic N) is 3. The van der Waals surface area contributed by atoms with Crippen LogP contribution in [0.2, 0.25) is 5.02 Å². The fourth-order valence-electron chi connectivity index (χ4n) is 3.94. The molecule has 1 amide bonds. The van der Waals surface area contributed by atoms with E-state index >= 15 is 0 Å². The Morgan fingerprint density at radius 3 is 2.79 bits per heavy atom. The summed E-state index contributed by atoms with van der Waals surface area (Å²) < 4.78 is 0. The van der Waals surface area contributed by atoms with Gasteiger partial charge in [-0.25, -0.2) is 4.99 Å². The number of anilines is 1. The molecule has 2 saturated heterocycles. The quantitative estimate of drug-likeness (QED) is 0.564. The number of hydrogen-bond acceptors (Lipinski definition) is 3. The molecule has 1 aromatic carbocycles. The minimum Gasteiger partial charge on any atom is -0.371 e. The number of likely N-dealkylation sites (tertiary alicyclic amines) is 1. The second kappa shape index (κ2) is 10.0. The van der Waals surface area contributed by atoms with Crippen LogP contribution in [0.1, 0.15) is 31.7 Å². The Balaban J connectivity index is 1.50. The molecular weight excluding hydrogens is 374 g/mol. The minimum absolute atomic E-state index is 0.123. The normalized spacial score (nSPS) is 20.0. The van der Waals surface area contributed by atoms with E-state index in [-0.39, 0.29) is 12.5 Å². The van der Waals surface area contributed by atoms with Crippen molar-refractivity contribution in [1.29, 1.82) is 0 Å². The first-order valence-corrected chi connectivity index (χ1v) is 10.8. The van der Waals surface area contributed by atoms with E-state index in [1.54, 1.807) is 0 Å². The second-order valence-electron chi connectivity index (χ2n) is 7.70. The van der Waals surface area contributed by atoms with Gasteiger partial charge in [0.05, 0.1) is 0 Å². The van der Waals surface area contributed by atoms with Crippen molar-refractivity contribution >= 4 is 29.2 Å². The smallest absolute Gasteiger partial charge is 0.244 e. The van der Waals surface area contributed by atoms with Gasteiger partial charge in [0.15, 0.2) is 5.96 Å². The molecule has 0 aromatic heterocycles. The van der Waals surface area contributed by atoms with Crippen LogP contribution in [0.4, 0.5) is 5.69 Å². The monoisotopic (exact) mass is 405 g/mol. The van der Waals surface area contributed by atoms with E-state index in [2.05, 4.69) is 39.6 Å². The largest absolute Gasteiger partial charge is 0.371 e. The lowest BCUT2D eigenvalue weighted by Gasteiger charge is -2.22. The molecule has 0 saturated carbocycles. The molecule has 0 aliphatic carbocycles. The second-order valence-corrected chi connectivity index (χ2v) is 8.13. The summed E-state index contributed by atoms with van der Waals surface area (Å²) in [6, 6.07) is 6.08. The van der Waals surface area contributed by atoms with Gasteiger partial charge in [-0.1, -0.05) is 17.7 Å². The standard InChI is InChI=1S/C21H32ClN5O/c1-3-23-21(25-14-20(28)26-9-4-5-10-26)24-13-17-8-11-27(15-17)19-12-18(22)7-6-16(19)2/h6-7,12,17H,3-5,8-11,13-15H2,1-2H3,(H2,23,24,25). The van der Waals surface area contributed by atoms with E-state index in [0.29, 0.717) is 5.92 Å². The average molecular weight is 406 g/mol. The molecule has 0 bridgehead atoms. The Bertz CT molecular complexity index is 702. The third-order valence-electron chi connectivity index (χ3n) is 5.53. The Morgan fingerprint density at radius 1 is 1.25 bits per heavy atom. The molecule has 0 radical (unpaired) electrons. The van der Waals surface area contributed by atoms with Crippen LogP contribution in [0.25, 0.3) is 0 Å². The zero-order chi connectivity index (χ0) is 19.9. The van der Waals surface area contributed by atoms with Gasteiger partial charge >= 0.3 is 0 Å². The van der Waals surface area contributed by atoms with E-state index < -0.39 is 0 Å². The number of halogens is 1. The number of aliphatic imine (C=N–C) groups is 1. The zero-order valence-electron chi connectivity index (χ0n) is 17.0. The van der Waals surface area contributed by atoms with Crippen molar-refractivity contribution in [3.63, 3.8) is 0 Å². The summed E-state index contributed by atoms with van der Waals surface area (Å²) in [5.74, 6) is 1.39. The van der Waals surface area contributed by atoms with Crippen molar-refractivity contribution in [2.24, 2.45) is 10.9 Å². The number of benzene rings is 1. The van der Waals surface area contributed by atoms with Crippen LogP contribution in [0.3, 0.4) is 0 Å². The van der Waals surface area contributed by atoms with Gasteiger partial charge in [-0.2, -0.15) is 0 Å². The maximum absolute atomic E-state index is 12.2. The lowest BCUT2D eigenvalue weighted by molar-refractivity contribution is -0.128. The minimum atomic E-state index is 0.123. The third-order valence-corrected chi connectivity index (χ3v) is 5.77. The fourth-order valence-corrected chi connectivity index (χ4v) is 4.10. The molecule has 1 atom stereocenters. The van der Waals surface area contributed by atoms with Gasteiger partial charge in [0, 0.05) is 50.0 Å². The first-order chi connectivity index (χ1) is 13.6. The molecule has 154 valence electrons. The summed E-state index contributed by atoms with van der Waals surface area (Å²) in [5, 5.41) is 7.45. The van der Waals surface area contributed by atoms with Gasteiger partial charge in [-0.3, -0.25) is 4.79 Å². The molecule has 0 spiro atoms. The molecule has 3 rings (SSSR count). The Labute approximate surface area is 173 Å². The molecule has 1 aromatic rings. The number of carbonyl (C=O) groups excluding carboxylic acids is 1. The number of nitrogens with one attached hydrogen (secondary N) is 2. The van der Waals surface area contributed by atoms with Crippen LogP contribution in [0, 0.1) is 12.8 Å². The zero-order valence-corrected chi connectivity index (χ0v) is 17.8. The van der Waals surface area contributed by atoms with Crippen LogP contribution in [0.15, 0.2) is 23.2 Å². The van der Waals surface area contributed by atoms with E-state index in [1.165, 1.54) is 11.3 Å². The maximum atomic E-state index is 12.2. The van der Waals surface area contributed by atoms with Crippen molar-refractivity contribution in [1.82, 2.24) is 15.5 Å². The molecule has 2 aliphatic rings. The van der Waals surface area contributed by atoms with E-state index in [4.69, 9.17) is 11.6 Å². The lowest BCUT2D eigenvalue weighted by atomic mass is 10.1. The molecule has 2 N–H and O–H groups in total. The molecule has 1 unspecified atom stereocenters. The first-order valence-electron chi connectivity index (χ1n) is 10.4. The molecule has 28 heavy (non-hydrogen) atoms. The van der Waals surface area contributed by atoms with E-state index in [0.717, 1.165) is 69.5 Å². The summed E-state index contributed by atoms with van der Waals surface area (Å²) in [4.78, 5) is 21.0. The molecule has 2 fully saturated rings. The highest BCUT2D eigenvalue weighted by molar-refractivity contribution is 6.30. The third kappa shape index (κ3) is 5.53. The van der Waals surface area contributed by atoms with Gasteiger partial charge in [-0.15, -0.1) is 0 Å². The Kier molecular flexibility index (Phi) is 7.43. The predicted molar refractivity (Wildman–Crippen MR) is 116 cm³/mol. The van der Waals surface area contributed by atoms with Crippen LogP contribution in [-0.2, 0) is 4.79 Å². The average Bonchev–Trinajstić information content (AvgIpc) is 3.37. The molecule has 6 nitrogen and oxygen atoms in total. The summed E-state index contributed by atoms with van der Waals surface area (Å²) >= 11 is 6.18. The predicted octanol–water partition coefficient (Wildman–Crippen LogP) is 2.65. The van der Waals surface area contributed by atoms with Crippen molar-refractivity contribution < 1.29 is 4.79 Å². The first kappa shape index (κ1) is 20.8. The Morgan fingerprint density at radius 2 is 2.04 bits per heavy atom. The number of aryl methyl sites for hydroxylation is 1. The van der Waals surface area contributed by atoms with Crippen LogP contribution in [0.5, 0.6) is 0 Å². The number of guanidine groups is 1. The summed E-state index contributed by atoms with van der Waals surface area (Å²) in [7, 11) is 0. The molecule has 7 heteroatoms. The Hall–Kier alpha value is -1.95. The number of carbonyl (C=O) groups is 1. The topological polar surface area (TPSA) is 60.0 Å². The molecule has 2 heterocycles. The van der Waals surface area contributed by atoms with Crippen molar-refractivity contribution in [2.45, 2.75) is 33.1 Å². The van der Waals surface area contributed by atoms with Crippen molar-refractivity contribution in [3.05, 3.63) is 28.8 Å². The van der Waals surface area contributed by atoms with Gasteiger partial charge in [0.25, 0.3) is 0 Å². The molecule has 2 aliphatic heterocycles. The highest BCUT2D eigenvalue weighted by Crippen LogP contribution is 2.29. The number of hydrogen-bond donors (Lipinski definition) is 2. The maximum Gasteiger partial charge on any atom is 0.244 e. The number of rotatable bonds is 6. The van der Waals surface area contributed by atoms with Gasteiger partial charge in [0.2, 0.25) is 5.91 Å². The summed E-state index contributed by atoms with van der Waals surface area (Å²) in [5.41, 5.74) is 2.49. The van der Waals surface area contributed by atoms with Crippen LogP contribution >= 0.6 is 11.6 Å². The SMILES string of the molecule is CCNC(=NCC(=O)N1CCCC1)NCC1CCN(c2cc(Cl)ccc2C)C1.